The van der Waals surface area contributed by atoms with Crippen LogP contribution in [0.15, 0.2) is 5.38 Å². The fraction of sp³-hybridized carbons (Fsp3) is 0.714. The zero-order valence-electron chi connectivity index (χ0n) is 19.1. The molecule has 0 saturated carbocycles. The molecule has 1 aromatic rings. The van der Waals surface area contributed by atoms with Crippen LogP contribution in [0.3, 0.4) is 0 Å². The maximum atomic E-state index is 12.9. The Balaban J connectivity index is 3.11. The standard InChI is InChI=1S/C21H36N4O4S/c1-8-13(5)18(22)20(27)25(7)17(12(3)4)10-15(23-14(6)26)19-24-16(11-30-19)21(28)29-9-2/h11-13,15,17-18H,8-10,22H2,1-7H3,(H,23,26). The SMILES string of the molecule is CCOC(=O)c1csc(C(CC(C(C)C)N(C)C(=O)C(N)C(C)CC)NC(C)=O)n1. The van der Waals surface area contributed by atoms with Gasteiger partial charge in [-0.15, -0.1) is 11.3 Å². The maximum Gasteiger partial charge on any atom is 0.357 e. The van der Waals surface area contributed by atoms with Gasteiger partial charge in [-0.2, -0.15) is 0 Å². The molecular formula is C21H36N4O4S. The highest BCUT2D eigenvalue weighted by Crippen LogP contribution is 2.28. The Bertz CT molecular complexity index is 722. The summed E-state index contributed by atoms with van der Waals surface area (Å²) < 4.78 is 5.00. The molecule has 8 nitrogen and oxygen atoms in total. The summed E-state index contributed by atoms with van der Waals surface area (Å²) in [5, 5.41) is 5.14. The summed E-state index contributed by atoms with van der Waals surface area (Å²) >= 11 is 1.29. The second-order valence-electron chi connectivity index (χ2n) is 7.95. The molecule has 0 aliphatic heterocycles. The lowest BCUT2D eigenvalue weighted by molar-refractivity contribution is -0.135. The van der Waals surface area contributed by atoms with Crippen molar-refractivity contribution in [3.05, 3.63) is 16.1 Å². The molecule has 0 bridgehead atoms. The molecule has 170 valence electrons. The number of thiazole rings is 1. The summed E-state index contributed by atoms with van der Waals surface area (Å²) in [5.74, 6) is -0.612. The number of nitrogens with zero attached hydrogens (tertiary/aromatic N) is 2. The van der Waals surface area contributed by atoms with Gasteiger partial charge in [-0.25, -0.2) is 9.78 Å². The number of nitrogens with two attached hydrogens (primary N) is 1. The molecule has 0 radical (unpaired) electrons. The van der Waals surface area contributed by atoms with Crippen LogP contribution in [0.5, 0.6) is 0 Å². The lowest BCUT2D eigenvalue weighted by Gasteiger charge is -2.36. The Morgan fingerprint density at radius 2 is 1.90 bits per heavy atom. The van der Waals surface area contributed by atoms with Crippen molar-refractivity contribution in [2.45, 2.75) is 72.5 Å². The summed E-state index contributed by atoms with van der Waals surface area (Å²) in [6, 6.07) is -1.17. The van der Waals surface area contributed by atoms with E-state index in [-0.39, 0.29) is 42.0 Å². The van der Waals surface area contributed by atoms with Crippen LogP contribution in [0.4, 0.5) is 0 Å². The molecule has 0 aliphatic carbocycles. The van der Waals surface area contributed by atoms with Crippen molar-refractivity contribution in [2.24, 2.45) is 17.6 Å². The van der Waals surface area contributed by atoms with Gasteiger partial charge in [0.1, 0.15) is 5.01 Å². The van der Waals surface area contributed by atoms with Crippen molar-refractivity contribution >= 4 is 29.1 Å². The van der Waals surface area contributed by atoms with E-state index >= 15 is 0 Å². The zero-order valence-corrected chi connectivity index (χ0v) is 19.9. The third-order valence-corrected chi connectivity index (χ3v) is 6.27. The number of aromatic nitrogens is 1. The number of hydrogen-bond acceptors (Lipinski definition) is 7. The predicted octanol–water partition coefficient (Wildman–Crippen LogP) is 2.74. The third-order valence-electron chi connectivity index (χ3n) is 5.32. The summed E-state index contributed by atoms with van der Waals surface area (Å²) in [4.78, 5) is 42.8. The molecular weight excluding hydrogens is 404 g/mol. The van der Waals surface area contributed by atoms with Gasteiger partial charge in [-0.05, 0) is 25.2 Å². The van der Waals surface area contributed by atoms with Crippen molar-refractivity contribution in [3.8, 4) is 0 Å². The predicted molar refractivity (Wildman–Crippen MR) is 118 cm³/mol. The van der Waals surface area contributed by atoms with Crippen LogP contribution >= 0.6 is 11.3 Å². The lowest BCUT2D eigenvalue weighted by atomic mass is 9.93. The molecule has 0 fully saturated rings. The highest BCUT2D eigenvalue weighted by Gasteiger charge is 2.32. The highest BCUT2D eigenvalue weighted by molar-refractivity contribution is 7.09. The second-order valence-corrected chi connectivity index (χ2v) is 8.84. The van der Waals surface area contributed by atoms with Gasteiger partial charge < -0.3 is 20.7 Å². The van der Waals surface area contributed by atoms with Crippen molar-refractivity contribution in [2.75, 3.05) is 13.7 Å². The van der Waals surface area contributed by atoms with Gasteiger partial charge in [0.25, 0.3) is 0 Å². The number of nitrogens with one attached hydrogen (secondary N) is 1. The summed E-state index contributed by atoms with van der Waals surface area (Å²) in [6.45, 7) is 11.5. The van der Waals surface area contributed by atoms with E-state index in [1.165, 1.54) is 18.3 Å². The van der Waals surface area contributed by atoms with E-state index in [4.69, 9.17) is 10.5 Å². The molecule has 4 atom stereocenters. The molecule has 4 unspecified atom stereocenters. The summed E-state index contributed by atoms with van der Waals surface area (Å²) in [6.07, 6.45) is 1.28. The number of likely N-dealkylation sites (N-methyl/N-ethyl adjacent to an activating group) is 1. The van der Waals surface area contributed by atoms with E-state index in [1.54, 1.807) is 24.3 Å². The molecule has 1 rings (SSSR count). The number of hydrogen-bond donors (Lipinski definition) is 2. The third kappa shape index (κ3) is 7.05. The maximum absolute atomic E-state index is 12.9. The first-order chi connectivity index (χ1) is 14.0. The number of carbonyl (C=O) groups excluding carboxylic acids is 3. The van der Waals surface area contributed by atoms with E-state index < -0.39 is 18.1 Å². The minimum Gasteiger partial charge on any atom is -0.461 e. The number of rotatable bonds is 11. The van der Waals surface area contributed by atoms with Crippen molar-refractivity contribution < 1.29 is 19.1 Å². The first-order valence-electron chi connectivity index (χ1n) is 10.4. The smallest absolute Gasteiger partial charge is 0.357 e. The van der Waals surface area contributed by atoms with Crippen LogP contribution in [0.25, 0.3) is 0 Å². The van der Waals surface area contributed by atoms with E-state index in [0.29, 0.717) is 11.4 Å². The molecule has 0 spiro atoms. The summed E-state index contributed by atoms with van der Waals surface area (Å²) in [7, 11) is 1.76. The van der Waals surface area contributed by atoms with Crippen molar-refractivity contribution in [1.82, 2.24) is 15.2 Å². The Labute approximate surface area is 183 Å². The quantitative estimate of drug-likeness (QED) is 0.511. The molecule has 1 heterocycles. The largest absolute Gasteiger partial charge is 0.461 e. The van der Waals surface area contributed by atoms with Crippen LogP contribution in [0.2, 0.25) is 0 Å². The first kappa shape index (κ1) is 26.0. The Morgan fingerprint density at radius 3 is 2.40 bits per heavy atom. The fourth-order valence-electron chi connectivity index (χ4n) is 3.23. The van der Waals surface area contributed by atoms with Crippen molar-refractivity contribution in [1.29, 1.82) is 0 Å². The average molecular weight is 441 g/mol. The van der Waals surface area contributed by atoms with Crippen LogP contribution in [0.1, 0.15) is 75.9 Å². The molecule has 0 saturated heterocycles. The number of carbonyl (C=O) groups is 3. The highest BCUT2D eigenvalue weighted by atomic mass is 32.1. The molecule has 2 amide bonds. The van der Waals surface area contributed by atoms with Gasteiger partial charge in [0.15, 0.2) is 5.69 Å². The molecule has 30 heavy (non-hydrogen) atoms. The second kappa shape index (κ2) is 12.0. The minimum absolute atomic E-state index is 0.0741. The number of esters is 1. The fourth-order valence-corrected chi connectivity index (χ4v) is 4.08. The van der Waals surface area contributed by atoms with Crippen LogP contribution in [-0.4, -0.2) is 53.4 Å². The van der Waals surface area contributed by atoms with Gasteiger partial charge in [-0.3, -0.25) is 9.59 Å². The van der Waals surface area contributed by atoms with Gasteiger partial charge >= 0.3 is 5.97 Å². The minimum atomic E-state index is -0.573. The van der Waals surface area contributed by atoms with Gasteiger partial charge in [-0.1, -0.05) is 34.1 Å². The zero-order chi connectivity index (χ0) is 23.0. The van der Waals surface area contributed by atoms with E-state index in [0.717, 1.165) is 6.42 Å². The molecule has 0 aromatic carbocycles. The summed E-state index contributed by atoms with van der Waals surface area (Å²) in [5.41, 5.74) is 6.39. The van der Waals surface area contributed by atoms with Crippen LogP contribution < -0.4 is 11.1 Å². The first-order valence-corrected chi connectivity index (χ1v) is 11.3. The van der Waals surface area contributed by atoms with Crippen LogP contribution in [0, 0.1) is 11.8 Å². The topological polar surface area (TPSA) is 115 Å². The van der Waals surface area contributed by atoms with Crippen molar-refractivity contribution in [3.63, 3.8) is 0 Å². The molecule has 3 N–H and O–H groups in total. The lowest BCUT2D eigenvalue weighted by Crippen LogP contribution is -2.51. The van der Waals surface area contributed by atoms with E-state index in [9.17, 15) is 14.4 Å². The molecule has 1 aromatic heterocycles. The Kier molecular flexibility index (Phi) is 10.4. The van der Waals surface area contributed by atoms with E-state index in [2.05, 4.69) is 10.3 Å². The number of amides is 2. The normalized spacial score (nSPS) is 15.2. The Hall–Kier alpha value is -2.00. The van der Waals surface area contributed by atoms with Crippen LogP contribution in [-0.2, 0) is 14.3 Å². The Morgan fingerprint density at radius 1 is 1.27 bits per heavy atom. The number of ether oxygens (including phenoxy) is 1. The van der Waals surface area contributed by atoms with Gasteiger partial charge in [0.05, 0.1) is 18.7 Å². The molecule has 9 heteroatoms. The molecule has 0 aliphatic rings. The van der Waals surface area contributed by atoms with Gasteiger partial charge in [0, 0.05) is 25.4 Å². The van der Waals surface area contributed by atoms with E-state index in [1.807, 2.05) is 27.7 Å². The average Bonchev–Trinajstić information content (AvgIpc) is 3.18. The van der Waals surface area contributed by atoms with Gasteiger partial charge in [0.2, 0.25) is 11.8 Å². The monoisotopic (exact) mass is 440 g/mol.